The minimum atomic E-state index is -0.350. The van der Waals surface area contributed by atoms with E-state index >= 15 is 0 Å². The molecular formula is C22H38N4O2S. The second-order valence-electron chi connectivity index (χ2n) is 9.95. The van der Waals surface area contributed by atoms with Crippen LogP contribution in [0.5, 0.6) is 0 Å². The molecule has 164 valence electrons. The second kappa shape index (κ2) is 9.29. The van der Waals surface area contributed by atoms with Gasteiger partial charge in [-0.3, -0.25) is 9.59 Å². The van der Waals surface area contributed by atoms with Gasteiger partial charge >= 0.3 is 0 Å². The minimum Gasteiger partial charge on any atom is -0.367 e. The molecule has 0 aromatic heterocycles. The zero-order valence-corrected chi connectivity index (χ0v) is 19.0. The van der Waals surface area contributed by atoms with Gasteiger partial charge in [-0.1, -0.05) is 52.3 Å². The Morgan fingerprint density at radius 3 is 2.69 bits per heavy atom. The Bertz CT molecular complexity index is 632. The quantitative estimate of drug-likeness (QED) is 0.523. The van der Waals surface area contributed by atoms with Crippen molar-refractivity contribution in [2.45, 2.75) is 90.3 Å². The first-order valence-corrected chi connectivity index (χ1v) is 11.8. The van der Waals surface area contributed by atoms with Crippen molar-refractivity contribution in [3.63, 3.8) is 0 Å². The fourth-order valence-electron chi connectivity index (χ4n) is 5.45. The van der Waals surface area contributed by atoms with Crippen LogP contribution in [0.4, 0.5) is 0 Å². The molecule has 2 saturated heterocycles. The van der Waals surface area contributed by atoms with E-state index in [0.717, 1.165) is 38.0 Å². The predicted octanol–water partition coefficient (Wildman–Crippen LogP) is 2.35. The van der Waals surface area contributed by atoms with E-state index in [-0.39, 0.29) is 47.8 Å². The van der Waals surface area contributed by atoms with Crippen LogP contribution in [0.3, 0.4) is 0 Å². The summed E-state index contributed by atoms with van der Waals surface area (Å²) in [6.07, 6.45) is 8.69. The standard InChI is InChI=1S/C22H38N4O2S/c1-4-5-6-14-9-15(10-14)20(27)24-13-17-8-7-16-11-22(2,3)19(21(28)26(16)17)25-18(29)12-23/h14-17,19H,4-13,23H2,1-3H3,(H,24,27)(H,25,29). The molecule has 0 radical (unpaired) electrons. The molecule has 4 N–H and O–H groups in total. The number of unbranched alkanes of at least 4 members (excludes halogenated alkanes) is 1. The maximum absolute atomic E-state index is 13.3. The fourth-order valence-corrected chi connectivity index (χ4v) is 5.57. The highest BCUT2D eigenvalue weighted by Gasteiger charge is 2.51. The first kappa shape index (κ1) is 22.5. The Morgan fingerprint density at radius 2 is 2.03 bits per heavy atom. The molecule has 1 aliphatic carbocycles. The molecule has 0 aromatic rings. The van der Waals surface area contributed by atoms with Gasteiger partial charge in [-0.05, 0) is 43.4 Å². The lowest BCUT2D eigenvalue weighted by Gasteiger charge is -2.47. The third-order valence-electron chi connectivity index (χ3n) is 7.24. The lowest BCUT2D eigenvalue weighted by Crippen LogP contribution is -2.64. The maximum atomic E-state index is 13.3. The number of rotatable bonds is 8. The second-order valence-corrected chi connectivity index (χ2v) is 10.4. The van der Waals surface area contributed by atoms with E-state index in [2.05, 4.69) is 31.4 Å². The third kappa shape index (κ3) is 4.93. The summed E-state index contributed by atoms with van der Waals surface area (Å²) in [5, 5.41) is 6.34. The summed E-state index contributed by atoms with van der Waals surface area (Å²) >= 11 is 5.25. The number of carbonyl (C=O) groups is 2. The van der Waals surface area contributed by atoms with Crippen molar-refractivity contribution in [3.8, 4) is 0 Å². The smallest absolute Gasteiger partial charge is 0.246 e. The van der Waals surface area contributed by atoms with Crippen LogP contribution in [-0.2, 0) is 9.59 Å². The molecule has 3 atom stereocenters. The average molecular weight is 423 g/mol. The van der Waals surface area contributed by atoms with Gasteiger partial charge in [0, 0.05) is 31.1 Å². The van der Waals surface area contributed by atoms with Crippen LogP contribution in [-0.4, -0.2) is 52.9 Å². The van der Waals surface area contributed by atoms with Crippen molar-refractivity contribution in [3.05, 3.63) is 0 Å². The van der Waals surface area contributed by atoms with Gasteiger partial charge in [0.1, 0.15) is 6.04 Å². The fraction of sp³-hybridized carbons (Fsp3) is 0.864. The van der Waals surface area contributed by atoms with E-state index < -0.39 is 0 Å². The molecule has 2 heterocycles. The van der Waals surface area contributed by atoms with E-state index in [1.807, 2.05) is 4.90 Å². The van der Waals surface area contributed by atoms with Crippen LogP contribution in [0.1, 0.15) is 72.1 Å². The normalized spacial score (nSPS) is 33.0. The first-order chi connectivity index (χ1) is 13.8. The highest BCUT2D eigenvalue weighted by Crippen LogP contribution is 2.42. The summed E-state index contributed by atoms with van der Waals surface area (Å²) in [5.74, 6) is 1.17. The van der Waals surface area contributed by atoms with E-state index in [4.69, 9.17) is 18.0 Å². The summed E-state index contributed by atoms with van der Waals surface area (Å²) in [6, 6.07) is -0.0117. The van der Waals surface area contributed by atoms with Crippen molar-refractivity contribution < 1.29 is 9.59 Å². The van der Waals surface area contributed by atoms with Gasteiger partial charge in [0.15, 0.2) is 0 Å². The van der Waals surface area contributed by atoms with Crippen LogP contribution in [0.15, 0.2) is 0 Å². The zero-order chi connectivity index (χ0) is 21.2. The highest BCUT2D eigenvalue weighted by atomic mass is 32.1. The van der Waals surface area contributed by atoms with Gasteiger partial charge in [-0.2, -0.15) is 0 Å². The molecule has 6 nitrogen and oxygen atoms in total. The number of fused-ring (bicyclic) bond motifs is 1. The lowest BCUT2D eigenvalue weighted by molar-refractivity contribution is -0.145. The predicted molar refractivity (Wildman–Crippen MR) is 119 cm³/mol. The SMILES string of the molecule is CCCCC1CC(C(=O)NCC2CCC3CC(C)(C)C(NC(=S)CN)C(=O)N23)C1. The Morgan fingerprint density at radius 1 is 1.31 bits per heavy atom. The van der Waals surface area contributed by atoms with Crippen molar-refractivity contribution >= 4 is 29.0 Å². The molecule has 3 fully saturated rings. The molecule has 3 aliphatic rings. The van der Waals surface area contributed by atoms with Gasteiger partial charge in [0.05, 0.1) is 4.99 Å². The van der Waals surface area contributed by atoms with E-state index in [1.165, 1.54) is 19.3 Å². The molecule has 0 aromatic carbocycles. The molecule has 0 spiro atoms. The Balaban J connectivity index is 1.54. The molecule has 7 heteroatoms. The molecule has 3 rings (SSSR count). The van der Waals surface area contributed by atoms with Crippen molar-refractivity contribution in [2.24, 2.45) is 23.0 Å². The molecule has 2 amide bonds. The number of nitrogens with one attached hydrogen (secondary N) is 2. The van der Waals surface area contributed by atoms with Gasteiger partial charge in [0.25, 0.3) is 0 Å². The first-order valence-electron chi connectivity index (χ1n) is 11.4. The number of amides is 2. The number of thiocarbonyl (C=S) groups is 1. The molecule has 0 bridgehead atoms. The van der Waals surface area contributed by atoms with Crippen LogP contribution in [0, 0.1) is 17.3 Å². The van der Waals surface area contributed by atoms with Gasteiger partial charge in [-0.25, -0.2) is 0 Å². The summed E-state index contributed by atoms with van der Waals surface area (Å²) in [7, 11) is 0. The minimum absolute atomic E-state index is 0.0827. The number of piperidine rings is 1. The van der Waals surface area contributed by atoms with Crippen LogP contribution in [0.25, 0.3) is 0 Å². The average Bonchev–Trinajstić information content (AvgIpc) is 3.03. The highest BCUT2D eigenvalue weighted by molar-refractivity contribution is 7.80. The summed E-state index contributed by atoms with van der Waals surface area (Å²) < 4.78 is 0. The largest absolute Gasteiger partial charge is 0.367 e. The van der Waals surface area contributed by atoms with E-state index in [0.29, 0.717) is 11.5 Å². The van der Waals surface area contributed by atoms with Gasteiger partial charge < -0.3 is 21.3 Å². The topological polar surface area (TPSA) is 87.5 Å². The molecule has 2 aliphatic heterocycles. The van der Waals surface area contributed by atoms with E-state index in [1.54, 1.807) is 0 Å². The number of nitrogens with two attached hydrogens (primary N) is 1. The Hall–Kier alpha value is -1.21. The molecule has 3 unspecified atom stereocenters. The zero-order valence-electron chi connectivity index (χ0n) is 18.2. The van der Waals surface area contributed by atoms with Crippen LogP contribution in [0.2, 0.25) is 0 Å². The van der Waals surface area contributed by atoms with Gasteiger partial charge in [0.2, 0.25) is 11.8 Å². The van der Waals surface area contributed by atoms with Crippen LogP contribution >= 0.6 is 12.2 Å². The summed E-state index contributed by atoms with van der Waals surface area (Å²) in [4.78, 5) is 28.4. The lowest BCUT2D eigenvalue weighted by atomic mass is 9.72. The number of nitrogens with zero attached hydrogens (tertiary/aromatic N) is 1. The molecule has 29 heavy (non-hydrogen) atoms. The molecule has 1 saturated carbocycles. The number of hydrogen-bond acceptors (Lipinski definition) is 4. The van der Waals surface area contributed by atoms with Gasteiger partial charge in [-0.15, -0.1) is 0 Å². The van der Waals surface area contributed by atoms with E-state index in [9.17, 15) is 9.59 Å². The van der Waals surface area contributed by atoms with Crippen molar-refractivity contribution in [2.75, 3.05) is 13.1 Å². The molecular weight excluding hydrogens is 384 g/mol. The number of carbonyl (C=O) groups excluding carboxylic acids is 2. The maximum Gasteiger partial charge on any atom is 0.246 e. The Kier molecular flexibility index (Phi) is 7.20. The summed E-state index contributed by atoms with van der Waals surface area (Å²) in [5.41, 5.74) is 5.47. The third-order valence-corrected chi connectivity index (χ3v) is 7.52. The monoisotopic (exact) mass is 422 g/mol. The number of hydrogen-bond donors (Lipinski definition) is 3. The Labute approximate surface area is 180 Å². The van der Waals surface area contributed by atoms with Crippen molar-refractivity contribution in [1.29, 1.82) is 0 Å². The van der Waals surface area contributed by atoms with Crippen molar-refractivity contribution in [1.82, 2.24) is 15.5 Å². The summed E-state index contributed by atoms with van der Waals surface area (Å²) in [6.45, 7) is 7.27. The van der Waals surface area contributed by atoms with Crippen LogP contribution < -0.4 is 16.4 Å².